The fourth-order valence-electron chi connectivity index (χ4n) is 3.04. The van der Waals surface area contributed by atoms with Gasteiger partial charge in [0.25, 0.3) is 11.5 Å². The molecule has 9 heteroatoms. The van der Waals surface area contributed by atoms with Crippen LogP contribution in [0.4, 0.5) is 0 Å². The van der Waals surface area contributed by atoms with Crippen LogP contribution >= 0.6 is 0 Å². The first-order chi connectivity index (χ1) is 13.1. The molecule has 0 unspecified atom stereocenters. The van der Waals surface area contributed by atoms with E-state index in [0.717, 1.165) is 24.2 Å². The lowest BCUT2D eigenvalue weighted by atomic mass is 10.1. The molecule has 2 N–H and O–H groups in total. The summed E-state index contributed by atoms with van der Waals surface area (Å²) in [6, 6.07) is 4.68. The standard InChI is InChI=1S/C18H24N4O5/c1-26-9-8-22-17(24)14-3-2-13(12-15(14)20-18(22)25)16(23)19-4-5-21-6-10-27-11-7-21/h2-3,12H,4-11H2,1H3,(H,19,23)(H,20,25). The molecule has 0 aliphatic carbocycles. The summed E-state index contributed by atoms with van der Waals surface area (Å²) in [5.74, 6) is -0.241. The number of amides is 1. The Hall–Kier alpha value is -2.49. The summed E-state index contributed by atoms with van der Waals surface area (Å²) in [7, 11) is 1.50. The van der Waals surface area contributed by atoms with E-state index in [4.69, 9.17) is 9.47 Å². The summed E-state index contributed by atoms with van der Waals surface area (Å²) in [6.45, 7) is 4.87. The van der Waals surface area contributed by atoms with E-state index >= 15 is 0 Å². The average molecular weight is 376 g/mol. The predicted octanol–water partition coefficient (Wildman–Crippen LogP) is -0.602. The third-order valence-corrected chi connectivity index (χ3v) is 4.58. The number of carbonyl (C=O) groups excluding carboxylic acids is 1. The highest BCUT2D eigenvalue weighted by Crippen LogP contribution is 2.09. The van der Waals surface area contributed by atoms with E-state index in [0.29, 0.717) is 36.2 Å². The fraction of sp³-hybridized carbons (Fsp3) is 0.500. The molecule has 0 radical (unpaired) electrons. The number of methoxy groups -OCH3 is 1. The van der Waals surface area contributed by atoms with Crippen molar-refractivity contribution in [3.63, 3.8) is 0 Å². The summed E-state index contributed by atoms with van der Waals surface area (Å²) in [5, 5.41) is 3.22. The van der Waals surface area contributed by atoms with Gasteiger partial charge in [-0.25, -0.2) is 4.79 Å². The first-order valence-electron chi connectivity index (χ1n) is 8.94. The number of ether oxygens (including phenoxy) is 2. The van der Waals surface area contributed by atoms with Crippen molar-refractivity contribution in [2.24, 2.45) is 0 Å². The van der Waals surface area contributed by atoms with Crippen LogP contribution in [-0.2, 0) is 16.0 Å². The average Bonchev–Trinajstić information content (AvgIpc) is 2.68. The van der Waals surface area contributed by atoms with Crippen LogP contribution in [0.5, 0.6) is 0 Å². The lowest BCUT2D eigenvalue weighted by Crippen LogP contribution is -2.41. The Labute approximate surface area is 155 Å². The maximum Gasteiger partial charge on any atom is 0.328 e. The number of hydrogen-bond acceptors (Lipinski definition) is 6. The van der Waals surface area contributed by atoms with Gasteiger partial charge in [-0.05, 0) is 18.2 Å². The highest BCUT2D eigenvalue weighted by molar-refractivity contribution is 5.97. The van der Waals surface area contributed by atoms with Crippen LogP contribution in [0.1, 0.15) is 10.4 Å². The number of morpholine rings is 1. The first-order valence-corrected chi connectivity index (χ1v) is 8.94. The van der Waals surface area contributed by atoms with E-state index in [2.05, 4.69) is 15.2 Å². The molecule has 0 spiro atoms. The first kappa shape index (κ1) is 19.3. The molecule has 2 heterocycles. The molecule has 3 rings (SSSR count). The third kappa shape index (κ3) is 4.62. The molecule has 27 heavy (non-hydrogen) atoms. The molecule has 1 aromatic carbocycles. The molecule has 1 aliphatic heterocycles. The van der Waals surface area contributed by atoms with Gasteiger partial charge in [0.1, 0.15) is 0 Å². The van der Waals surface area contributed by atoms with Gasteiger partial charge in [-0.2, -0.15) is 0 Å². The normalized spacial score (nSPS) is 15.1. The molecule has 0 saturated carbocycles. The summed E-state index contributed by atoms with van der Waals surface area (Å²) in [6.07, 6.45) is 0. The van der Waals surface area contributed by atoms with Crippen molar-refractivity contribution in [2.75, 3.05) is 53.1 Å². The van der Waals surface area contributed by atoms with E-state index < -0.39 is 11.2 Å². The van der Waals surface area contributed by atoms with Crippen LogP contribution in [-0.4, -0.2) is 73.5 Å². The maximum atomic E-state index is 12.5. The van der Waals surface area contributed by atoms with Crippen molar-refractivity contribution in [1.82, 2.24) is 19.8 Å². The Morgan fingerprint density at radius 3 is 2.78 bits per heavy atom. The van der Waals surface area contributed by atoms with Crippen molar-refractivity contribution in [1.29, 1.82) is 0 Å². The SMILES string of the molecule is COCCn1c(=O)[nH]c2cc(C(=O)NCCN3CCOCC3)ccc2c1=O. The largest absolute Gasteiger partial charge is 0.383 e. The van der Waals surface area contributed by atoms with Gasteiger partial charge in [0, 0.05) is 38.9 Å². The minimum atomic E-state index is -0.519. The van der Waals surface area contributed by atoms with Crippen molar-refractivity contribution < 1.29 is 14.3 Å². The molecular weight excluding hydrogens is 352 g/mol. The zero-order valence-electron chi connectivity index (χ0n) is 15.3. The molecule has 0 bridgehead atoms. The number of rotatable bonds is 7. The van der Waals surface area contributed by atoms with Gasteiger partial charge in [-0.3, -0.25) is 19.1 Å². The summed E-state index contributed by atoms with van der Waals surface area (Å²) >= 11 is 0. The van der Waals surface area contributed by atoms with Crippen LogP contribution in [0.15, 0.2) is 27.8 Å². The van der Waals surface area contributed by atoms with Crippen molar-refractivity contribution in [2.45, 2.75) is 6.54 Å². The second kappa shape index (κ2) is 8.94. The van der Waals surface area contributed by atoms with E-state index in [1.165, 1.54) is 13.2 Å². The Bertz CT molecular complexity index is 914. The molecule has 2 aromatic rings. The van der Waals surface area contributed by atoms with Crippen LogP contribution in [0.25, 0.3) is 10.9 Å². The van der Waals surface area contributed by atoms with E-state index in [-0.39, 0.29) is 19.1 Å². The highest BCUT2D eigenvalue weighted by Gasteiger charge is 2.13. The number of nitrogens with one attached hydrogen (secondary N) is 2. The topological polar surface area (TPSA) is 106 Å². The van der Waals surface area contributed by atoms with Gasteiger partial charge in [-0.1, -0.05) is 0 Å². The Morgan fingerprint density at radius 1 is 1.26 bits per heavy atom. The van der Waals surface area contributed by atoms with Crippen LogP contribution in [0.3, 0.4) is 0 Å². The van der Waals surface area contributed by atoms with Gasteiger partial charge in [0.15, 0.2) is 0 Å². The number of aromatic nitrogens is 2. The number of aromatic amines is 1. The van der Waals surface area contributed by atoms with Crippen LogP contribution < -0.4 is 16.6 Å². The number of fused-ring (bicyclic) bond motifs is 1. The van der Waals surface area contributed by atoms with Gasteiger partial charge in [-0.15, -0.1) is 0 Å². The smallest absolute Gasteiger partial charge is 0.328 e. The van der Waals surface area contributed by atoms with Gasteiger partial charge in [0.2, 0.25) is 0 Å². The van der Waals surface area contributed by atoms with Crippen molar-refractivity contribution in [3.05, 3.63) is 44.6 Å². The second-order valence-electron chi connectivity index (χ2n) is 6.35. The van der Waals surface area contributed by atoms with E-state index in [1.807, 2.05) is 0 Å². The Balaban J connectivity index is 1.71. The Morgan fingerprint density at radius 2 is 2.04 bits per heavy atom. The maximum absolute atomic E-state index is 12.5. The van der Waals surface area contributed by atoms with Gasteiger partial charge < -0.3 is 19.8 Å². The number of hydrogen-bond donors (Lipinski definition) is 2. The molecule has 0 atom stereocenters. The fourth-order valence-corrected chi connectivity index (χ4v) is 3.04. The third-order valence-electron chi connectivity index (χ3n) is 4.58. The number of H-pyrrole nitrogens is 1. The van der Waals surface area contributed by atoms with E-state index in [9.17, 15) is 14.4 Å². The van der Waals surface area contributed by atoms with Crippen LogP contribution in [0.2, 0.25) is 0 Å². The zero-order chi connectivity index (χ0) is 19.2. The monoisotopic (exact) mass is 376 g/mol. The molecule has 1 saturated heterocycles. The second-order valence-corrected chi connectivity index (χ2v) is 6.35. The lowest BCUT2D eigenvalue weighted by molar-refractivity contribution is 0.0383. The van der Waals surface area contributed by atoms with E-state index in [1.54, 1.807) is 12.1 Å². The lowest BCUT2D eigenvalue weighted by Gasteiger charge is -2.26. The molecule has 1 amide bonds. The molecular formula is C18H24N4O5. The van der Waals surface area contributed by atoms with Gasteiger partial charge >= 0.3 is 5.69 Å². The minimum Gasteiger partial charge on any atom is -0.383 e. The summed E-state index contributed by atoms with van der Waals surface area (Å²) < 4.78 is 11.3. The molecule has 1 fully saturated rings. The summed E-state index contributed by atoms with van der Waals surface area (Å²) in [4.78, 5) is 41.8. The molecule has 9 nitrogen and oxygen atoms in total. The van der Waals surface area contributed by atoms with Gasteiger partial charge in [0.05, 0.1) is 37.3 Å². The highest BCUT2D eigenvalue weighted by atomic mass is 16.5. The Kier molecular flexibility index (Phi) is 6.38. The number of nitrogens with zero attached hydrogens (tertiary/aromatic N) is 2. The van der Waals surface area contributed by atoms with Crippen molar-refractivity contribution in [3.8, 4) is 0 Å². The molecule has 1 aliphatic rings. The quantitative estimate of drug-likeness (QED) is 0.668. The van der Waals surface area contributed by atoms with Crippen LogP contribution in [0, 0.1) is 0 Å². The summed E-state index contributed by atoms with van der Waals surface area (Å²) in [5.41, 5.74) is -0.173. The van der Waals surface area contributed by atoms with Crippen molar-refractivity contribution >= 4 is 16.8 Å². The predicted molar refractivity (Wildman–Crippen MR) is 100 cm³/mol. The number of carbonyl (C=O) groups is 1. The zero-order valence-corrected chi connectivity index (χ0v) is 15.3. The molecule has 146 valence electrons. The number of benzene rings is 1. The molecule has 1 aromatic heterocycles. The minimum absolute atomic E-state index is 0.171.